The number of aromatic amines is 1. The smallest absolute Gasteiger partial charge is 0.356 e. The van der Waals surface area contributed by atoms with E-state index in [0.29, 0.717) is 0 Å². The number of rotatable bonds is 2. The highest BCUT2D eigenvalue weighted by molar-refractivity contribution is 7.99. The van der Waals surface area contributed by atoms with Gasteiger partial charge in [-0.3, -0.25) is 0 Å². The molecule has 84 valence electrons. The molecule has 2 aromatic rings. The summed E-state index contributed by atoms with van der Waals surface area (Å²) in [5.74, 6) is 0. The molecule has 1 aromatic heterocycles. The highest BCUT2D eigenvalue weighted by Crippen LogP contribution is 2.32. The van der Waals surface area contributed by atoms with Crippen LogP contribution >= 0.6 is 11.8 Å². The van der Waals surface area contributed by atoms with Crippen LogP contribution in [0.1, 0.15) is 5.56 Å². The number of benzene rings is 1. The summed E-state index contributed by atoms with van der Waals surface area (Å²) in [5.41, 5.74) is -0.622. The third-order valence-corrected chi connectivity index (χ3v) is 2.96. The van der Waals surface area contributed by atoms with Gasteiger partial charge in [-0.1, -0.05) is 11.8 Å². The molecule has 0 bridgehead atoms. The topological polar surface area (TPSA) is 15.8 Å². The van der Waals surface area contributed by atoms with Gasteiger partial charge in [0.25, 0.3) is 0 Å². The Hall–Kier alpha value is -1.36. The van der Waals surface area contributed by atoms with Crippen molar-refractivity contribution >= 4 is 11.8 Å². The van der Waals surface area contributed by atoms with Gasteiger partial charge in [0.05, 0.1) is 10.6 Å². The van der Waals surface area contributed by atoms with Crippen molar-refractivity contribution in [3.05, 3.63) is 48.2 Å². The molecule has 16 heavy (non-hydrogen) atoms. The highest BCUT2D eigenvalue weighted by Gasteiger charge is 2.29. The van der Waals surface area contributed by atoms with Gasteiger partial charge in [0.2, 0.25) is 0 Å². The number of aromatic nitrogens is 1. The van der Waals surface area contributed by atoms with Crippen molar-refractivity contribution < 1.29 is 13.2 Å². The fourth-order valence-electron chi connectivity index (χ4n) is 1.22. The summed E-state index contributed by atoms with van der Waals surface area (Å²) in [4.78, 5) is 3.74. The molecule has 0 aliphatic heterocycles. The zero-order valence-electron chi connectivity index (χ0n) is 8.08. The molecule has 0 saturated carbocycles. The van der Waals surface area contributed by atoms with E-state index >= 15 is 0 Å². The zero-order chi connectivity index (χ0) is 11.6. The second kappa shape index (κ2) is 4.25. The lowest BCUT2D eigenvalue weighted by molar-refractivity contribution is -0.137. The normalized spacial score (nSPS) is 11.7. The van der Waals surface area contributed by atoms with Crippen molar-refractivity contribution in [2.45, 2.75) is 16.1 Å². The van der Waals surface area contributed by atoms with Gasteiger partial charge in [-0.05, 0) is 36.4 Å². The van der Waals surface area contributed by atoms with Gasteiger partial charge in [0.15, 0.2) is 0 Å². The first-order chi connectivity index (χ1) is 7.55. The van der Waals surface area contributed by atoms with Gasteiger partial charge in [-0.2, -0.15) is 13.2 Å². The van der Waals surface area contributed by atoms with E-state index in [1.54, 1.807) is 6.20 Å². The minimum atomic E-state index is -4.27. The van der Waals surface area contributed by atoms with Crippen LogP contribution in [0.2, 0.25) is 0 Å². The lowest BCUT2D eigenvalue weighted by Gasteiger charge is -2.06. The van der Waals surface area contributed by atoms with Gasteiger partial charge < -0.3 is 4.98 Å². The van der Waals surface area contributed by atoms with Crippen molar-refractivity contribution in [1.29, 1.82) is 0 Å². The summed E-state index contributed by atoms with van der Waals surface area (Å²) in [6.45, 7) is 0. The second-order valence-corrected chi connectivity index (χ2v) is 4.27. The maximum atomic E-state index is 12.3. The first-order valence-electron chi connectivity index (χ1n) is 4.54. The van der Waals surface area contributed by atoms with Crippen molar-refractivity contribution in [3.63, 3.8) is 0 Å². The Morgan fingerprint density at radius 3 is 2.19 bits per heavy atom. The molecule has 0 fully saturated rings. The van der Waals surface area contributed by atoms with Crippen LogP contribution in [0, 0.1) is 0 Å². The predicted molar refractivity (Wildman–Crippen MR) is 56.4 cm³/mol. The number of hydrogen-bond acceptors (Lipinski definition) is 1. The first-order valence-corrected chi connectivity index (χ1v) is 5.36. The van der Waals surface area contributed by atoms with Crippen molar-refractivity contribution in [2.75, 3.05) is 0 Å². The van der Waals surface area contributed by atoms with Gasteiger partial charge in [-0.15, -0.1) is 0 Å². The number of hydrogen-bond donors (Lipinski definition) is 1. The van der Waals surface area contributed by atoms with Crippen molar-refractivity contribution in [2.24, 2.45) is 0 Å². The van der Waals surface area contributed by atoms with Gasteiger partial charge in [0.1, 0.15) is 0 Å². The second-order valence-electron chi connectivity index (χ2n) is 3.16. The molecule has 1 heterocycles. The van der Waals surface area contributed by atoms with Gasteiger partial charge in [0, 0.05) is 11.1 Å². The van der Waals surface area contributed by atoms with Crippen molar-refractivity contribution in [3.8, 4) is 0 Å². The SMILES string of the molecule is FC(F)(F)c1ccc(Sc2ccc[nH]2)cc1. The quantitative estimate of drug-likeness (QED) is 0.836. The van der Waals surface area contributed by atoms with Gasteiger partial charge >= 0.3 is 6.18 Å². The molecule has 0 radical (unpaired) electrons. The summed E-state index contributed by atoms with van der Waals surface area (Å²) < 4.78 is 36.9. The molecule has 1 aromatic carbocycles. The average molecular weight is 243 g/mol. The van der Waals surface area contributed by atoms with Crippen molar-refractivity contribution in [1.82, 2.24) is 4.98 Å². The number of halogens is 3. The Morgan fingerprint density at radius 1 is 1.00 bits per heavy atom. The maximum Gasteiger partial charge on any atom is 0.416 e. The molecule has 5 heteroatoms. The van der Waals surface area contributed by atoms with E-state index in [1.165, 1.54) is 23.9 Å². The van der Waals surface area contributed by atoms with Gasteiger partial charge in [-0.25, -0.2) is 0 Å². The van der Waals surface area contributed by atoms with Crippen LogP contribution in [0.4, 0.5) is 13.2 Å². The Balaban J connectivity index is 2.14. The summed E-state index contributed by atoms with van der Waals surface area (Å²) in [7, 11) is 0. The van der Waals surface area contributed by atoms with E-state index in [0.717, 1.165) is 22.1 Å². The van der Waals surface area contributed by atoms with Crippen LogP contribution in [0.15, 0.2) is 52.5 Å². The summed E-state index contributed by atoms with van der Waals surface area (Å²) in [6.07, 6.45) is -2.50. The molecular formula is C11H8F3NS. The predicted octanol–water partition coefficient (Wildman–Crippen LogP) is 4.18. The third-order valence-electron chi connectivity index (χ3n) is 1.98. The molecule has 1 N–H and O–H groups in total. The molecule has 0 aliphatic carbocycles. The number of H-pyrrole nitrogens is 1. The monoisotopic (exact) mass is 243 g/mol. The molecule has 0 aliphatic rings. The van der Waals surface area contributed by atoms with E-state index in [1.807, 2.05) is 12.1 Å². The van der Waals surface area contributed by atoms with Crippen LogP contribution in [-0.4, -0.2) is 4.98 Å². The third kappa shape index (κ3) is 2.61. The summed E-state index contributed by atoms with van der Waals surface area (Å²) in [6, 6.07) is 8.81. The van der Waals surface area contributed by atoms with E-state index in [-0.39, 0.29) is 0 Å². The van der Waals surface area contributed by atoms with Crippen LogP contribution in [0.3, 0.4) is 0 Å². The fraction of sp³-hybridized carbons (Fsp3) is 0.0909. The molecule has 0 unspecified atom stereocenters. The van der Waals surface area contributed by atoms with Crippen LogP contribution in [0.5, 0.6) is 0 Å². The minimum Gasteiger partial charge on any atom is -0.356 e. The Labute approximate surface area is 94.7 Å². The Kier molecular flexibility index (Phi) is 2.96. The molecule has 0 spiro atoms. The van der Waals surface area contributed by atoms with Crippen LogP contribution in [0.25, 0.3) is 0 Å². The lowest BCUT2D eigenvalue weighted by Crippen LogP contribution is -2.03. The molecule has 2 rings (SSSR count). The first kappa shape index (κ1) is 11.1. The average Bonchev–Trinajstić information content (AvgIpc) is 2.70. The largest absolute Gasteiger partial charge is 0.416 e. The molecule has 0 atom stereocenters. The van der Waals surface area contributed by atoms with E-state index in [9.17, 15) is 13.2 Å². The zero-order valence-corrected chi connectivity index (χ0v) is 8.90. The molecule has 0 amide bonds. The minimum absolute atomic E-state index is 0.622. The fourth-order valence-corrected chi connectivity index (χ4v) is 2.02. The van der Waals surface area contributed by atoms with E-state index < -0.39 is 11.7 Å². The Morgan fingerprint density at radius 2 is 1.69 bits per heavy atom. The standard InChI is InChI=1S/C11H8F3NS/c12-11(13,14)8-3-5-9(6-4-8)16-10-2-1-7-15-10/h1-7,15H. The Bertz CT molecular complexity index is 445. The maximum absolute atomic E-state index is 12.3. The van der Waals surface area contributed by atoms with Crippen LogP contribution in [-0.2, 0) is 6.18 Å². The van der Waals surface area contributed by atoms with Crippen LogP contribution < -0.4 is 0 Å². The lowest BCUT2D eigenvalue weighted by atomic mass is 10.2. The molecule has 1 nitrogen and oxygen atoms in total. The summed E-state index contributed by atoms with van der Waals surface area (Å²) >= 11 is 1.39. The summed E-state index contributed by atoms with van der Waals surface area (Å²) in [5, 5.41) is 0.903. The number of alkyl halides is 3. The van der Waals surface area contributed by atoms with E-state index in [4.69, 9.17) is 0 Å². The number of nitrogens with one attached hydrogen (secondary N) is 1. The molecule has 0 saturated heterocycles. The molecular weight excluding hydrogens is 235 g/mol. The highest BCUT2D eigenvalue weighted by atomic mass is 32.2. The van der Waals surface area contributed by atoms with E-state index in [2.05, 4.69) is 4.98 Å².